The van der Waals surface area contributed by atoms with E-state index in [9.17, 15) is 10.1 Å². The average Bonchev–Trinajstić information content (AvgIpc) is 2.29. The zero-order valence-electron chi connectivity index (χ0n) is 9.51. The SMILES string of the molecule is C=CCC(C)Nc1ccc(C#N)cc1[N+](=O)[O-]. The van der Waals surface area contributed by atoms with Crippen molar-refractivity contribution in [2.75, 3.05) is 5.32 Å². The molecule has 0 amide bonds. The van der Waals surface area contributed by atoms with Gasteiger partial charge in [0.15, 0.2) is 0 Å². The van der Waals surface area contributed by atoms with Crippen LogP contribution in [-0.2, 0) is 0 Å². The second-order valence-corrected chi connectivity index (χ2v) is 3.67. The van der Waals surface area contributed by atoms with Gasteiger partial charge in [-0.25, -0.2) is 0 Å². The fraction of sp³-hybridized carbons (Fsp3) is 0.250. The Morgan fingerprint density at radius 1 is 1.71 bits per heavy atom. The largest absolute Gasteiger partial charge is 0.377 e. The van der Waals surface area contributed by atoms with Crippen LogP contribution < -0.4 is 5.32 Å². The van der Waals surface area contributed by atoms with Gasteiger partial charge in [-0.15, -0.1) is 6.58 Å². The van der Waals surface area contributed by atoms with Crippen molar-refractivity contribution in [1.82, 2.24) is 0 Å². The van der Waals surface area contributed by atoms with Crippen LogP contribution in [0.2, 0.25) is 0 Å². The topological polar surface area (TPSA) is 79.0 Å². The minimum Gasteiger partial charge on any atom is -0.377 e. The van der Waals surface area contributed by atoms with E-state index in [0.29, 0.717) is 12.1 Å². The monoisotopic (exact) mass is 231 g/mol. The van der Waals surface area contributed by atoms with Crippen LogP contribution in [0.1, 0.15) is 18.9 Å². The maximum atomic E-state index is 10.9. The molecule has 1 N–H and O–H groups in total. The smallest absolute Gasteiger partial charge is 0.293 e. The van der Waals surface area contributed by atoms with Crippen molar-refractivity contribution >= 4 is 11.4 Å². The van der Waals surface area contributed by atoms with E-state index in [2.05, 4.69) is 11.9 Å². The molecule has 1 aromatic rings. The second kappa shape index (κ2) is 5.66. The first-order valence-corrected chi connectivity index (χ1v) is 5.14. The van der Waals surface area contributed by atoms with Crippen LogP contribution in [0.4, 0.5) is 11.4 Å². The number of nitro groups is 1. The molecule has 1 rings (SSSR count). The molecule has 0 aliphatic carbocycles. The Labute approximate surface area is 99.5 Å². The van der Waals surface area contributed by atoms with Crippen molar-refractivity contribution < 1.29 is 4.92 Å². The van der Waals surface area contributed by atoms with Crippen molar-refractivity contribution in [2.24, 2.45) is 0 Å². The van der Waals surface area contributed by atoms with E-state index in [-0.39, 0.29) is 17.3 Å². The van der Waals surface area contributed by atoms with Crippen molar-refractivity contribution in [3.63, 3.8) is 0 Å². The molecule has 0 saturated heterocycles. The fourth-order valence-corrected chi connectivity index (χ4v) is 1.45. The highest BCUT2D eigenvalue weighted by atomic mass is 16.6. The summed E-state index contributed by atoms with van der Waals surface area (Å²) in [5.74, 6) is 0. The lowest BCUT2D eigenvalue weighted by Crippen LogP contribution is -2.14. The first-order valence-electron chi connectivity index (χ1n) is 5.14. The Morgan fingerprint density at radius 3 is 2.94 bits per heavy atom. The predicted molar refractivity (Wildman–Crippen MR) is 65.7 cm³/mol. The van der Waals surface area contributed by atoms with E-state index in [0.717, 1.165) is 0 Å². The van der Waals surface area contributed by atoms with Gasteiger partial charge in [0.1, 0.15) is 5.69 Å². The Kier molecular flexibility index (Phi) is 4.23. The van der Waals surface area contributed by atoms with Gasteiger partial charge in [0.2, 0.25) is 0 Å². The first-order chi connectivity index (χ1) is 8.08. The zero-order chi connectivity index (χ0) is 12.8. The molecule has 17 heavy (non-hydrogen) atoms. The standard InChI is InChI=1S/C12H13N3O2/c1-3-4-9(2)14-11-6-5-10(8-13)7-12(11)15(16)17/h3,5-7,9,14H,1,4H2,2H3. The number of nitriles is 1. The van der Waals surface area contributed by atoms with Gasteiger partial charge >= 0.3 is 0 Å². The van der Waals surface area contributed by atoms with Gasteiger partial charge in [0, 0.05) is 12.1 Å². The quantitative estimate of drug-likeness (QED) is 0.480. The van der Waals surface area contributed by atoms with E-state index >= 15 is 0 Å². The van der Waals surface area contributed by atoms with Crippen LogP contribution in [0, 0.1) is 21.4 Å². The van der Waals surface area contributed by atoms with Gasteiger partial charge in [0.25, 0.3) is 5.69 Å². The Bertz CT molecular complexity index is 477. The van der Waals surface area contributed by atoms with Crippen molar-refractivity contribution in [3.8, 4) is 6.07 Å². The summed E-state index contributed by atoms with van der Waals surface area (Å²) in [5.41, 5.74) is 0.613. The molecule has 0 radical (unpaired) electrons. The molecule has 1 aromatic carbocycles. The lowest BCUT2D eigenvalue weighted by atomic mass is 10.1. The lowest BCUT2D eigenvalue weighted by Gasteiger charge is -2.13. The third kappa shape index (κ3) is 3.31. The van der Waals surface area contributed by atoms with E-state index in [1.165, 1.54) is 6.07 Å². The summed E-state index contributed by atoms with van der Waals surface area (Å²) in [7, 11) is 0. The highest BCUT2D eigenvalue weighted by molar-refractivity contribution is 5.64. The zero-order valence-corrected chi connectivity index (χ0v) is 9.51. The molecular formula is C12H13N3O2. The third-order valence-electron chi connectivity index (χ3n) is 2.25. The predicted octanol–water partition coefficient (Wildman–Crippen LogP) is 2.84. The van der Waals surface area contributed by atoms with Gasteiger partial charge < -0.3 is 5.32 Å². The lowest BCUT2D eigenvalue weighted by molar-refractivity contribution is -0.384. The van der Waals surface area contributed by atoms with E-state index in [4.69, 9.17) is 5.26 Å². The molecule has 88 valence electrons. The van der Waals surface area contributed by atoms with Crippen molar-refractivity contribution in [2.45, 2.75) is 19.4 Å². The van der Waals surface area contributed by atoms with Crippen molar-refractivity contribution in [1.29, 1.82) is 5.26 Å². The molecule has 1 atom stereocenters. The van der Waals surface area contributed by atoms with Crippen LogP contribution in [-0.4, -0.2) is 11.0 Å². The number of nitro benzene ring substituents is 1. The Hall–Kier alpha value is -2.35. The maximum Gasteiger partial charge on any atom is 0.293 e. The summed E-state index contributed by atoms with van der Waals surface area (Å²) in [4.78, 5) is 10.4. The van der Waals surface area contributed by atoms with Crippen LogP contribution in [0.3, 0.4) is 0 Å². The van der Waals surface area contributed by atoms with Crippen LogP contribution in [0.15, 0.2) is 30.9 Å². The second-order valence-electron chi connectivity index (χ2n) is 3.67. The molecule has 0 saturated carbocycles. The number of rotatable bonds is 5. The average molecular weight is 231 g/mol. The van der Waals surface area contributed by atoms with E-state index in [1.807, 2.05) is 13.0 Å². The van der Waals surface area contributed by atoms with Crippen LogP contribution >= 0.6 is 0 Å². The molecule has 0 aromatic heterocycles. The van der Waals surface area contributed by atoms with Gasteiger partial charge in [-0.3, -0.25) is 10.1 Å². The van der Waals surface area contributed by atoms with Gasteiger partial charge in [-0.05, 0) is 25.5 Å². The summed E-state index contributed by atoms with van der Waals surface area (Å²) in [5, 5.41) is 22.6. The minimum atomic E-state index is -0.496. The fourth-order valence-electron chi connectivity index (χ4n) is 1.45. The molecular weight excluding hydrogens is 218 g/mol. The van der Waals surface area contributed by atoms with Crippen LogP contribution in [0.5, 0.6) is 0 Å². The number of nitrogens with zero attached hydrogens (tertiary/aromatic N) is 2. The van der Waals surface area contributed by atoms with Crippen LogP contribution in [0.25, 0.3) is 0 Å². The van der Waals surface area contributed by atoms with E-state index < -0.39 is 4.92 Å². The number of benzene rings is 1. The molecule has 0 fully saturated rings. The molecule has 0 heterocycles. The highest BCUT2D eigenvalue weighted by Gasteiger charge is 2.15. The molecule has 0 aliphatic heterocycles. The molecule has 0 aliphatic rings. The summed E-state index contributed by atoms with van der Waals surface area (Å²) >= 11 is 0. The first kappa shape index (κ1) is 12.7. The van der Waals surface area contributed by atoms with E-state index in [1.54, 1.807) is 18.2 Å². The van der Waals surface area contributed by atoms with Gasteiger partial charge in [0.05, 0.1) is 16.6 Å². The summed E-state index contributed by atoms with van der Waals surface area (Å²) in [6.45, 7) is 5.52. The highest BCUT2D eigenvalue weighted by Crippen LogP contribution is 2.26. The number of anilines is 1. The number of nitrogens with one attached hydrogen (secondary N) is 1. The molecule has 0 spiro atoms. The van der Waals surface area contributed by atoms with Crippen molar-refractivity contribution in [3.05, 3.63) is 46.5 Å². The molecule has 5 heteroatoms. The third-order valence-corrected chi connectivity index (χ3v) is 2.25. The number of hydrogen-bond donors (Lipinski definition) is 1. The van der Waals surface area contributed by atoms with Gasteiger partial charge in [-0.2, -0.15) is 5.26 Å². The number of hydrogen-bond acceptors (Lipinski definition) is 4. The normalized spacial score (nSPS) is 11.3. The minimum absolute atomic E-state index is 0.0548. The molecule has 1 unspecified atom stereocenters. The Morgan fingerprint density at radius 2 is 2.41 bits per heavy atom. The Balaban J connectivity index is 3.03. The summed E-state index contributed by atoms with van der Waals surface area (Å²) in [6, 6.07) is 6.30. The summed E-state index contributed by atoms with van der Waals surface area (Å²) in [6.07, 6.45) is 2.45. The molecule has 0 bridgehead atoms. The maximum absolute atomic E-state index is 10.9. The summed E-state index contributed by atoms with van der Waals surface area (Å²) < 4.78 is 0. The molecule has 5 nitrogen and oxygen atoms in total. The van der Waals surface area contributed by atoms with Gasteiger partial charge in [-0.1, -0.05) is 6.08 Å².